The molecule has 1 unspecified atom stereocenters. The third-order valence-electron chi connectivity index (χ3n) is 4.45. The van der Waals surface area contributed by atoms with Crippen molar-refractivity contribution in [3.05, 3.63) is 101 Å². The number of nitrogens with one attached hydrogen (secondary N) is 1. The van der Waals surface area contributed by atoms with Gasteiger partial charge in [0, 0.05) is 22.7 Å². The molecule has 26 heavy (non-hydrogen) atoms. The zero-order valence-corrected chi connectivity index (χ0v) is 15.3. The maximum atomic E-state index is 13.5. The van der Waals surface area contributed by atoms with Crippen LogP contribution < -0.4 is 0 Å². The maximum absolute atomic E-state index is 13.5. The van der Waals surface area contributed by atoms with Crippen molar-refractivity contribution in [3.8, 4) is 0 Å². The summed E-state index contributed by atoms with van der Waals surface area (Å²) in [5, 5.41) is 0.421. The summed E-state index contributed by atoms with van der Waals surface area (Å²) >= 11 is 6.42. The predicted octanol–water partition coefficient (Wildman–Crippen LogP) is 5.38. The van der Waals surface area contributed by atoms with Crippen molar-refractivity contribution in [2.75, 3.05) is 0 Å². The molecule has 1 heterocycles. The molecule has 3 nitrogen and oxygen atoms in total. The van der Waals surface area contributed by atoms with Gasteiger partial charge in [0.15, 0.2) is 9.84 Å². The zero-order valence-electron chi connectivity index (χ0n) is 13.8. The fraction of sp³-hybridized carbons (Fsp3) is 0.0476. The Labute approximate surface area is 157 Å². The molecular formula is C21H16ClNO2S. The second kappa shape index (κ2) is 6.63. The van der Waals surface area contributed by atoms with Crippen LogP contribution in [-0.2, 0) is 9.84 Å². The number of fused-ring (bicyclic) bond motifs is 1. The summed E-state index contributed by atoms with van der Waals surface area (Å²) < 4.78 is 27.1. The van der Waals surface area contributed by atoms with Crippen LogP contribution in [0.1, 0.15) is 16.4 Å². The van der Waals surface area contributed by atoms with E-state index in [1.165, 1.54) is 0 Å². The van der Waals surface area contributed by atoms with Crippen LogP contribution in [0.2, 0.25) is 5.02 Å². The number of sulfone groups is 1. The van der Waals surface area contributed by atoms with E-state index in [0.29, 0.717) is 16.1 Å². The highest BCUT2D eigenvalue weighted by molar-refractivity contribution is 7.92. The van der Waals surface area contributed by atoms with Crippen LogP contribution in [0.15, 0.2) is 90.0 Å². The van der Waals surface area contributed by atoms with Gasteiger partial charge in [0.05, 0.1) is 9.92 Å². The number of halogens is 1. The highest BCUT2D eigenvalue weighted by atomic mass is 35.5. The van der Waals surface area contributed by atoms with Gasteiger partial charge in [-0.15, -0.1) is 0 Å². The molecule has 1 atom stereocenters. The van der Waals surface area contributed by atoms with E-state index in [-0.39, 0.29) is 4.90 Å². The van der Waals surface area contributed by atoms with Gasteiger partial charge in [-0.25, -0.2) is 8.42 Å². The fourth-order valence-electron chi connectivity index (χ4n) is 3.27. The highest BCUT2D eigenvalue weighted by Crippen LogP contribution is 2.40. The molecule has 0 saturated heterocycles. The van der Waals surface area contributed by atoms with Crippen LogP contribution in [-0.4, -0.2) is 13.4 Å². The lowest BCUT2D eigenvalue weighted by atomic mass is 10.0. The molecule has 4 rings (SSSR count). The number of aromatic nitrogens is 1. The van der Waals surface area contributed by atoms with E-state index in [1.807, 2.05) is 42.5 Å². The molecule has 0 aliphatic rings. The minimum absolute atomic E-state index is 0.287. The van der Waals surface area contributed by atoms with Crippen LogP contribution >= 0.6 is 11.6 Å². The van der Waals surface area contributed by atoms with Crippen LogP contribution in [0.25, 0.3) is 10.9 Å². The van der Waals surface area contributed by atoms with Crippen molar-refractivity contribution in [2.24, 2.45) is 0 Å². The number of benzene rings is 3. The predicted molar refractivity (Wildman–Crippen MR) is 105 cm³/mol. The molecule has 5 heteroatoms. The van der Waals surface area contributed by atoms with Gasteiger partial charge in [0.1, 0.15) is 5.25 Å². The van der Waals surface area contributed by atoms with Crippen LogP contribution in [0.5, 0.6) is 0 Å². The highest BCUT2D eigenvalue weighted by Gasteiger charge is 2.33. The summed E-state index contributed by atoms with van der Waals surface area (Å²) in [5.74, 6) is 0. The smallest absolute Gasteiger partial charge is 0.189 e. The Morgan fingerprint density at radius 2 is 1.46 bits per heavy atom. The average Bonchev–Trinajstić information content (AvgIpc) is 3.08. The Kier molecular flexibility index (Phi) is 4.31. The summed E-state index contributed by atoms with van der Waals surface area (Å²) in [4.78, 5) is 3.44. The third-order valence-corrected chi connectivity index (χ3v) is 6.84. The van der Waals surface area contributed by atoms with Crippen molar-refractivity contribution in [3.63, 3.8) is 0 Å². The molecular weight excluding hydrogens is 366 g/mol. The quantitative estimate of drug-likeness (QED) is 0.515. The van der Waals surface area contributed by atoms with Gasteiger partial charge in [-0.1, -0.05) is 66.2 Å². The van der Waals surface area contributed by atoms with Gasteiger partial charge >= 0.3 is 0 Å². The molecule has 1 aromatic heterocycles. The lowest BCUT2D eigenvalue weighted by Crippen LogP contribution is -2.15. The van der Waals surface area contributed by atoms with E-state index < -0.39 is 15.1 Å². The summed E-state index contributed by atoms with van der Waals surface area (Å²) in [5.41, 5.74) is 2.18. The molecule has 4 aromatic rings. The van der Waals surface area contributed by atoms with Gasteiger partial charge in [-0.05, 0) is 29.8 Å². The summed E-state index contributed by atoms with van der Waals surface area (Å²) in [6.07, 6.45) is 1.74. The molecule has 0 saturated carbocycles. The molecule has 0 aliphatic carbocycles. The van der Waals surface area contributed by atoms with Crippen molar-refractivity contribution in [2.45, 2.75) is 10.1 Å². The van der Waals surface area contributed by atoms with Crippen LogP contribution in [0.3, 0.4) is 0 Å². The Balaban J connectivity index is 2.01. The van der Waals surface area contributed by atoms with E-state index in [1.54, 1.807) is 42.6 Å². The molecule has 0 bridgehead atoms. The summed E-state index contributed by atoms with van der Waals surface area (Å²) in [6, 6.07) is 23.3. The van der Waals surface area contributed by atoms with E-state index in [4.69, 9.17) is 11.6 Å². The monoisotopic (exact) mass is 381 g/mol. The van der Waals surface area contributed by atoms with Crippen molar-refractivity contribution < 1.29 is 8.42 Å². The number of aromatic amines is 1. The number of hydrogen-bond acceptors (Lipinski definition) is 2. The summed E-state index contributed by atoms with van der Waals surface area (Å²) in [7, 11) is -3.66. The number of H-pyrrole nitrogens is 1. The van der Waals surface area contributed by atoms with E-state index in [2.05, 4.69) is 4.98 Å². The van der Waals surface area contributed by atoms with E-state index in [9.17, 15) is 8.42 Å². The lowest BCUT2D eigenvalue weighted by Gasteiger charge is -2.18. The first-order chi connectivity index (χ1) is 12.6. The largest absolute Gasteiger partial charge is 0.361 e. The van der Waals surface area contributed by atoms with Gasteiger partial charge < -0.3 is 4.98 Å². The first kappa shape index (κ1) is 16.9. The molecule has 0 spiro atoms. The Morgan fingerprint density at radius 3 is 2.15 bits per heavy atom. The van der Waals surface area contributed by atoms with E-state index in [0.717, 1.165) is 10.9 Å². The van der Waals surface area contributed by atoms with Gasteiger partial charge in [0.25, 0.3) is 0 Å². The third kappa shape index (κ3) is 2.81. The van der Waals surface area contributed by atoms with Gasteiger partial charge in [0.2, 0.25) is 0 Å². The fourth-order valence-corrected chi connectivity index (χ4v) is 5.40. The van der Waals surface area contributed by atoms with E-state index >= 15 is 0 Å². The molecule has 0 radical (unpaired) electrons. The molecule has 130 valence electrons. The van der Waals surface area contributed by atoms with Crippen molar-refractivity contribution >= 4 is 32.3 Å². The summed E-state index contributed by atoms with van der Waals surface area (Å²) in [6.45, 7) is 0. The Bertz CT molecular complexity index is 1150. The molecule has 0 fully saturated rings. The Hall–Kier alpha value is -2.56. The molecule has 1 N–H and O–H groups in total. The standard InChI is InChI=1S/C21H16ClNO2S/c22-18-12-7-13-19-20(18)17(14-23-19)21(15-8-3-1-4-9-15)26(24,25)16-10-5-2-6-11-16/h1-14,21,23H. The minimum atomic E-state index is -3.66. The number of rotatable bonds is 4. The SMILES string of the molecule is O=S(=O)(c1ccccc1)C(c1ccccc1)c1c[nH]c2cccc(Cl)c12. The number of hydrogen-bond donors (Lipinski definition) is 1. The van der Waals surface area contributed by atoms with Crippen LogP contribution in [0.4, 0.5) is 0 Å². The van der Waals surface area contributed by atoms with Gasteiger partial charge in [-0.2, -0.15) is 0 Å². The molecule has 3 aromatic carbocycles. The average molecular weight is 382 g/mol. The Morgan fingerprint density at radius 1 is 0.808 bits per heavy atom. The minimum Gasteiger partial charge on any atom is -0.361 e. The first-order valence-corrected chi connectivity index (χ1v) is 10.1. The second-order valence-electron chi connectivity index (χ2n) is 6.06. The first-order valence-electron chi connectivity index (χ1n) is 8.18. The molecule has 0 aliphatic heterocycles. The second-order valence-corrected chi connectivity index (χ2v) is 8.50. The van der Waals surface area contributed by atoms with Crippen molar-refractivity contribution in [1.29, 1.82) is 0 Å². The normalized spacial score (nSPS) is 13.0. The topological polar surface area (TPSA) is 49.9 Å². The maximum Gasteiger partial charge on any atom is 0.189 e. The molecule has 0 amide bonds. The zero-order chi connectivity index (χ0) is 18.1. The lowest BCUT2D eigenvalue weighted by molar-refractivity contribution is 0.589. The van der Waals surface area contributed by atoms with Crippen LogP contribution in [0, 0.1) is 0 Å². The van der Waals surface area contributed by atoms with Crippen molar-refractivity contribution in [1.82, 2.24) is 4.98 Å². The van der Waals surface area contributed by atoms with Gasteiger partial charge in [-0.3, -0.25) is 0 Å².